The Labute approximate surface area is 134 Å². The average molecular weight is 324 g/mol. The van der Waals surface area contributed by atoms with Crippen LogP contribution in [0.3, 0.4) is 0 Å². The maximum Gasteiger partial charge on any atom is 0.416 e. The molecule has 0 amide bonds. The molecule has 1 atom stereocenters. The van der Waals surface area contributed by atoms with Crippen LogP contribution in [0.1, 0.15) is 23.6 Å². The summed E-state index contributed by atoms with van der Waals surface area (Å²) in [6, 6.07) is 13.6. The number of hydrogen-bond donors (Lipinski definition) is 1. The van der Waals surface area contributed by atoms with Crippen LogP contribution in [0.4, 0.5) is 13.2 Å². The van der Waals surface area contributed by atoms with Crippen molar-refractivity contribution in [1.29, 1.82) is 0 Å². The number of quaternary nitrogens is 1. The lowest BCUT2D eigenvalue weighted by Gasteiger charge is -2.12. The molecule has 0 spiro atoms. The summed E-state index contributed by atoms with van der Waals surface area (Å²) in [5.41, 5.74) is 1.49. The van der Waals surface area contributed by atoms with Crippen molar-refractivity contribution in [3.05, 3.63) is 65.2 Å². The lowest BCUT2D eigenvalue weighted by atomic mass is 10.1. The summed E-state index contributed by atoms with van der Waals surface area (Å²) in [6.07, 6.45) is -3.38. The zero-order valence-electron chi connectivity index (χ0n) is 13.2. The van der Waals surface area contributed by atoms with Crippen LogP contribution >= 0.6 is 0 Å². The van der Waals surface area contributed by atoms with Crippen molar-refractivity contribution in [2.45, 2.75) is 32.1 Å². The Morgan fingerprint density at radius 2 is 1.52 bits per heavy atom. The van der Waals surface area contributed by atoms with E-state index in [1.807, 2.05) is 24.3 Å². The monoisotopic (exact) mass is 324 g/mol. The minimum atomic E-state index is -4.27. The largest absolute Gasteiger partial charge is 0.497 e. The molecule has 0 saturated heterocycles. The van der Waals surface area contributed by atoms with Crippen molar-refractivity contribution in [3.8, 4) is 5.75 Å². The first-order valence-corrected chi connectivity index (χ1v) is 7.51. The second-order valence-corrected chi connectivity index (χ2v) is 5.66. The average Bonchev–Trinajstić information content (AvgIpc) is 2.53. The Balaban J connectivity index is 1.84. The molecule has 0 unspecified atom stereocenters. The van der Waals surface area contributed by atoms with Crippen molar-refractivity contribution >= 4 is 0 Å². The summed E-state index contributed by atoms with van der Waals surface area (Å²) in [7, 11) is 1.63. The van der Waals surface area contributed by atoms with Crippen molar-refractivity contribution in [1.82, 2.24) is 0 Å². The fraction of sp³-hybridized carbons (Fsp3) is 0.333. The third-order valence-electron chi connectivity index (χ3n) is 3.75. The van der Waals surface area contributed by atoms with E-state index >= 15 is 0 Å². The molecular weight excluding hydrogens is 303 g/mol. The minimum absolute atomic E-state index is 0.339. The SMILES string of the molecule is COc1ccc(C[C@H](C)[NH2+]Cc2ccc(C(F)(F)F)cc2)cc1. The van der Waals surface area contributed by atoms with E-state index in [1.54, 1.807) is 19.2 Å². The van der Waals surface area contributed by atoms with E-state index in [0.29, 0.717) is 12.6 Å². The van der Waals surface area contributed by atoms with E-state index < -0.39 is 11.7 Å². The lowest BCUT2D eigenvalue weighted by molar-refractivity contribution is -0.701. The molecule has 0 aliphatic rings. The minimum Gasteiger partial charge on any atom is -0.497 e. The van der Waals surface area contributed by atoms with Gasteiger partial charge in [0.1, 0.15) is 12.3 Å². The number of hydrogen-bond acceptors (Lipinski definition) is 1. The number of nitrogens with two attached hydrogens (primary N) is 1. The molecule has 0 bridgehead atoms. The van der Waals surface area contributed by atoms with Gasteiger partial charge in [-0.15, -0.1) is 0 Å². The van der Waals surface area contributed by atoms with E-state index in [4.69, 9.17) is 4.74 Å². The second kappa shape index (κ2) is 7.51. The van der Waals surface area contributed by atoms with Gasteiger partial charge in [-0.05, 0) is 36.8 Å². The molecule has 2 rings (SSSR count). The Morgan fingerprint density at radius 1 is 0.957 bits per heavy atom. The van der Waals surface area contributed by atoms with Gasteiger partial charge in [0.05, 0.1) is 18.7 Å². The number of benzene rings is 2. The van der Waals surface area contributed by atoms with Crippen LogP contribution in [0, 0.1) is 0 Å². The molecule has 0 saturated carbocycles. The molecule has 124 valence electrons. The molecule has 0 radical (unpaired) electrons. The Hall–Kier alpha value is -2.01. The van der Waals surface area contributed by atoms with Crippen LogP contribution < -0.4 is 10.1 Å². The summed E-state index contributed by atoms with van der Waals surface area (Å²) < 4.78 is 42.7. The molecule has 2 N–H and O–H groups in total. The first kappa shape index (κ1) is 17.3. The number of alkyl halides is 3. The predicted octanol–water partition coefficient (Wildman–Crippen LogP) is 3.41. The molecule has 0 aromatic heterocycles. The molecule has 2 aromatic rings. The van der Waals surface area contributed by atoms with E-state index in [9.17, 15) is 13.2 Å². The number of ether oxygens (including phenoxy) is 1. The van der Waals surface area contributed by atoms with Crippen LogP contribution in [-0.2, 0) is 19.1 Å². The third kappa shape index (κ3) is 5.28. The summed E-state index contributed by atoms with van der Waals surface area (Å²) in [4.78, 5) is 0. The zero-order valence-corrected chi connectivity index (χ0v) is 13.2. The quantitative estimate of drug-likeness (QED) is 0.866. The Morgan fingerprint density at radius 3 is 2.04 bits per heavy atom. The van der Waals surface area contributed by atoms with Gasteiger partial charge in [0.15, 0.2) is 0 Å². The standard InChI is InChI=1S/C18H20F3NO/c1-13(11-14-5-9-17(23-2)10-6-14)22-12-15-3-7-16(8-4-15)18(19,20)21/h3-10,13,22H,11-12H2,1-2H3/p+1/t13-/m0/s1. The van der Waals surface area contributed by atoms with Gasteiger partial charge >= 0.3 is 6.18 Å². The van der Waals surface area contributed by atoms with E-state index in [2.05, 4.69) is 12.2 Å². The lowest BCUT2D eigenvalue weighted by Crippen LogP contribution is -2.88. The molecule has 5 heteroatoms. The molecule has 0 aliphatic heterocycles. The normalized spacial score (nSPS) is 12.9. The van der Waals surface area contributed by atoms with Crippen molar-refractivity contribution in [3.63, 3.8) is 0 Å². The van der Waals surface area contributed by atoms with Gasteiger partial charge in [0, 0.05) is 12.0 Å². The Bertz CT molecular complexity index is 606. The second-order valence-electron chi connectivity index (χ2n) is 5.66. The molecular formula is C18H21F3NO+. The first-order valence-electron chi connectivity index (χ1n) is 7.51. The third-order valence-corrected chi connectivity index (χ3v) is 3.75. The van der Waals surface area contributed by atoms with Gasteiger partial charge in [0.2, 0.25) is 0 Å². The molecule has 0 heterocycles. The van der Waals surface area contributed by atoms with Crippen LogP contribution in [0.15, 0.2) is 48.5 Å². The van der Waals surface area contributed by atoms with E-state index in [0.717, 1.165) is 29.9 Å². The molecule has 2 nitrogen and oxygen atoms in total. The number of rotatable bonds is 6. The summed E-state index contributed by atoms with van der Waals surface area (Å²) in [5, 5.41) is 2.13. The van der Waals surface area contributed by atoms with E-state index in [1.165, 1.54) is 5.56 Å². The smallest absolute Gasteiger partial charge is 0.416 e. The van der Waals surface area contributed by atoms with Gasteiger partial charge in [-0.1, -0.05) is 24.3 Å². The molecule has 0 fully saturated rings. The maximum atomic E-state index is 12.5. The molecule has 0 aliphatic carbocycles. The predicted molar refractivity (Wildman–Crippen MR) is 83.2 cm³/mol. The summed E-state index contributed by atoms with van der Waals surface area (Å²) in [5.74, 6) is 0.829. The highest BCUT2D eigenvalue weighted by Crippen LogP contribution is 2.28. The first-order chi connectivity index (χ1) is 10.9. The van der Waals surface area contributed by atoms with Crippen LogP contribution in [-0.4, -0.2) is 13.2 Å². The highest BCUT2D eigenvalue weighted by Gasteiger charge is 2.29. The summed E-state index contributed by atoms with van der Waals surface area (Å²) >= 11 is 0. The van der Waals surface area contributed by atoms with Gasteiger partial charge in [-0.25, -0.2) is 0 Å². The summed E-state index contributed by atoms with van der Waals surface area (Å²) in [6.45, 7) is 2.77. The van der Waals surface area contributed by atoms with Gasteiger partial charge < -0.3 is 10.1 Å². The van der Waals surface area contributed by atoms with Crippen molar-refractivity contribution in [2.75, 3.05) is 7.11 Å². The van der Waals surface area contributed by atoms with Crippen molar-refractivity contribution in [2.24, 2.45) is 0 Å². The van der Waals surface area contributed by atoms with Gasteiger partial charge in [0.25, 0.3) is 0 Å². The zero-order chi connectivity index (χ0) is 16.9. The van der Waals surface area contributed by atoms with Gasteiger partial charge in [-0.3, -0.25) is 0 Å². The van der Waals surface area contributed by atoms with Crippen LogP contribution in [0.25, 0.3) is 0 Å². The fourth-order valence-electron chi connectivity index (χ4n) is 2.38. The Kier molecular flexibility index (Phi) is 5.66. The van der Waals surface area contributed by atoms with E-state index in [-0.39, 0.29) is 0 Å². The van der Waals surface area contributed by atoms with Crippen LogP contribution in [0.2, 0.25) is 0 Å². The maximum absolute atomic E-state index is 12.5. The molecule has 2 aromatic carbocycles. The highest BCUT2D eigenvalue weighted by atomic mass is 19.4. The number of methoxy groups -OCH3 is 1. The fourth-order valence-corrected chi connectivity index (χ4v) is 2.38. The van der Waals surface area contributed by atoms with Crippen molar-refractivity contribution < 1.29 is 23.2 Å². The topological polar surface area (TPSA) is 25.8 Å². The number of halogens is 3. The van der Waals surface area contributed by atoms with Crippen LogP contribution in [0.5, 0.6) is 5.75 Å². The van der Waals surface area contributed by atoms with Gasteiger partial charge in [-0.2, -0.15) is 13.2 Å². The highest BCUT2D eigenvalue weighted by molar-refractivity contribution is 5.27. The molecule has 23 heavy (non-hydrogen) atoms.